The lowest BCUT2D eigenvalue weighted by Gasteiger charge is -2.44. The Morgan fingerprint density at radius 1 is 1.47 bits per heavy atom. The predicted octanol–water partition coefficient (Wildman–Crippen LogP) is 2.95. The molecule has 108 valence electrons. The van der Waals surface area contributed by atoms with Gasteiger partial charge in [0.1, 0.15) is 11.3 Å². The van der Waals surface area contributed by atoms with Gasteiger partial charge in [0, 0.05) is 6.54 Å². The molecule has 4 heteroatoms. The predicted molar refractivity (Wildman–Crippen MR) is 75.1 cm³/mol. The summed E-state index contributed by atoms with van der Waals surface area (Å²) in [5, 5.41) is 15.6. The van der Waals surface area contributed by atoms with Crippen LogP contribution >= 0.6 is 0 Å². The molecule has 0 saturated heterocycles. The van der Waals surface area contributed by atoms with Gasteiger partial charge >= 0.3 is 0 Å². The second kappa shape index (κ2) is 4.82. The molecule has 1 aliphatic carbocycles. The van der Waals surface area contributed by atoms with Gasteiger partial charge in [-0.3, -0.25) is 4.68 Å². The lowest BCUT2D eigenvalue weighted by Crippen LogP contribution is -2.41. The van der Waals surface area contributed by atoms with Gasteiger partial charge in [-0.05, 0) is 37.5 Å². The van der Waals surface area contributed by atoms with E-state index in [1.807, 2.05) is 11.6 Å². The van der Waals surface area contributed by atoms with Gasteiger partial charge in [0.05, 0.1) is 13.3 Å². The van der Waals surface area contributed by atoms with Gasteiger partial charge in [-0.25, -0.2) is 0 Å². The number of nitrogens with zero attached hydrogens (tertiary/aromatic N) is 2. The fourth-order valence-corrected chi connectivity index (χ4v) is 3.94. The molecular formula is C15H26N2O2. The molecule has 0 radical (unpaired) electrons. The van der Waals surface area contributed by atoms with Crippen LogP contribution in [0.25, 0.3) is 0 Å². The number of ether oxygens (including phenoxy) is 1. The Kier molecular flexibility index (Phi) is 3.65. The number of aryl methyl sites for hydroxylation is 1. The first-order chi connectivity index (χ1) is 8.81. The zero-order chi connectivity index (χ0) is 14.3. The molecule has 19 heavy (non-hydrogen) atoms. The third-order valence-corrected chi connectivity index (χ3v) is 4.12. The van der Waals surface area contributed by atoms with Crippen LogP contribution in [0.3, 0.4) is 0 Å². The summed E-state index contributed by atoms with van der Waals surface area (Å²) in [4.78, 5) is 0. The van der Waals surface area contributed by atoms with Crippen molar-refractivity contribution in [2.75, 3.05) is 7.11 Å². The summed E-state index contributed by atoms with van der Waals surface area (Å²) in [6, 6.07) is 0. The quantitative estimate of drug-likeness (QED) is 0.915. The maximum absolute atomic E-state index is 11.2. The lowest BCUT2D eigenvalue weighted by molar-refractivity contribution is -0.0706. The van der Waals surface area contributed by atoms with Crippen molar-refractivity contribution in [1.82, 2.24) is 9.78 Å². The number of hydrogen-bond acceptors (Lipinski definition) is 3. The van der Waals surface area contributed by atoms with Gasteiger partial charge in [-0.15, -0.1) is 0 Å². The Balaban J connectivity index is 2.46. The van der Waals surface area contributed by atoms with Crippen LogP contribution in [0.1, 0.15) is 52.7 Å². The van der Waals surface area contributed by atoms with Crippen molar-refractivity contribution in [2.24, 2.45) is 11.3 Å². The van der Waals surface area contributed by atoms with E-state index in [0.29, 0.717) is 11.7 Å². The van der Waals surface area contributed by atoms with E-state index in [0.717, 1.165) is 31.5 Å². The first kappa shape index (κ1) is 14.4. The molecule has 0 bridgehead atoms. The molecule has 1 heterocycles. The molecule has 2 unspecified atom stereocenters. The zero-order valence-electron chi connectivity index (χ0n) is 12.7. The average molecular weight is 266 g/mol. The van der Waals surface area contributed by atoms with Gasteiger partial charge in [0.25, 0.3) is 0 Å². The van der Waals surface area contributed by atoms with E-state index in [9.17, 15) is 5.11 Å². The molecule has 0 aromatic carbocycles. The van der Waals surface area contributed by atoms with Gasteiger partial charge in [0.15, 0.2) is 5.75 Å². The highest BCUT2D eigenvalue weighted by Crippen LogP contribution is 2.50. The topological polar surface area (TPSA) is 47.3 Å². The molecule has 1 aromatic heterocycles. The second-order valence-corrected chi connectivity index (χ2v) is 6.76. The van der Waals surface area contributed by atoms with E-state index >= 15 is 0 Å². The van der Waals surface area contributed by atoms with E-state index in [2.05, 4.69) is 25.9 Å². The van der Waals surface area contributed by atoms with Crippen molar-refractivity contribution in [3.8, 4) is 5.75 Å². The van der Waals surface area contributed by atoms with Crippen LogP contribution in [0.4, 0.5) is 0 Å². The summed E-state index contributed by atoms with van der Waals surface area (Å²) in [5.74, 6) is 1.20. The highest BCUT2D eigenvalue weighted by molar-refractivity contribution is 5.32. The summed E-state index contributed by atoms with van der Waals surface area (Å²) in [6.45, 7) is 9.46. The first-order valence-corrected chi connectivity index (χ1v) is 7.14. The third kappa shape index (κ3) is 2.64. The summed E-state index contributed by atoms with van der Waals surface area (Å²) in [6.07, 6.45) is 4.39. The molecule has 1 aliphatic rings. The van der Waals surface area contributed by atoms with Gasteiger partial charge < -0.3 is 9.84 Å². The van der Waals surface area contributed by atoms with E-state index in [4.69, 9.17) is 4.74 Å². The van der Waals surface area contributed by atoms with Crippen molar-refractivity contribution in [3.05, 3.63) is 11.9 Å². The summed E-state index contributed by atoms with van der Waals surface area (Å²) >= 11 is 0. The monoisotopic (exact) mass is 266 g/mol. The van der Waals surface area contributed by atoms with E-state index < -0.39 is 5.60 Å². The summed E-state index contributed by atoms with van der Waals surface area (Å²) in [5.41, 5.74) is 0.149. The Labute approximate surface area is 115 Å². The van der Waals surface area contributed by atoms with Crippen molar-refractivity contribution < 1.29 is 9.84 Å². The van der Waals surface area contributed by atoms with E-state index in [1.54, 1.807) is 13.3 Å². The lowest BCUT2D eigenvalue weighted by atomic mass is 9.65. The van der Waals surface area contributed by atoms with Crippen LogP contribution in [0, 0.1) is 11.3 Å². The molecular weight excluding hydrogens is 240 g/mol. The SMILES string of the molecule is CCn1ncc(OC)c1C1(O)CC(C)CC(C)(C)C1. The third-order valence-electron chi connectivity index (χ3n) is 4.12. The number of rotatable bonds is 3. The number of aliphatic hydroxyl groups is 1. The maximum Gasteiger partial charge on any atom is 0.162 e. The molecule has 0 aliphatic heterocycles. The fraction of sp³-hybridized carbons (Fsp3) is 0.800. The highest BCUT2D eigenvalue weighted by Gasteiger charge is 2.46. The largest absolute Gasteiger partial charge is 0.493 e. The molecule has 2 atom stereocenters. The molecule has 2 rings (SSSR count). The molecule has 4 nitrogen and oxygen atoms in total. The van der Waals surface area contributed by atoms with Crippen LogP contribution in [0.15, 0.2) is 6.20 Å². The molecule has 0 spiro atoms. The summed E-state index contributed by atoms with van der Waals surface area (Å²) < 4.78 is 7.27. The number of aromatic nitrogens is 2. The normalized spacial score (nSPS) is 30.3. The average Bonchev–Trinajstić information content (AvgIpc) is 2.68. The minimum atomic E-state index is -0.834. The number of methoxy groups -OCH3 is 1. The first-order valence-electron chi connectivity index (χ1n) is 7.14. The van der Waals surface area contributed by atoms with Crippen LogP contribution in [-0.2, 0) is 12.1 Å². The van der Waals surface area contributed by atoms with Crippen LogP contribution in [0.5, 0.6) is 5.75 Å². The Morgan fingerprint density at radius 2 is 2.16 bits per heavy atom. The number of hydrogen-bond donors (Lipinski definition) is 1. The fourth-order valence-electron chi connectivity index (χ4n) is 3.94. The Morgan fingerprint density at radius 3 is 2.68 bits per heavy atom. The highest BCUT2D eigenvalue weighted by atomic mass is 16.5. The Hall–Kier alpha value is -1.03. The molecule has 1 N–H and O–H groups in total. The minimum Gasteiger partial charge on any atom is -0.493 e. The van der Waals surface area contributed by atoms with Gasteiger partial charge in [-0.1, -0.05) is 20.8 Å². The van der Waals surface area contributed by atoms with Crippen molar-refractivity contribution in [3.63, 3.8) is 0 Å². The summed E-state index contributed by atoms with van der Waals surface area (Å²) in [7, 11) is 1.64. The Bertz CT molecular complexity index is 431. The second-order valence-electron chi connectivity index (χ2n) is 6.76. The molecule has 1 fully saturated rings. The standard InChI is InChI=1S/C15H26N2O2/c1-6-17-13(12(19-5)9-16-17)15(18)8-11(2)7-14(3,4)10-15/h9,11,18H,6-8,10H2,1-5H3. The van der Waals surface area contributed by atoms with Crippen LogP contribution in [-0.4, -0.2) is 22.0 Å². The minimum absolute atomic E-state index is 0.139. The smallest absolute Gasteiger partial charge is 0.162 e. The van der Waals surface area contributed by atoms with Crippen LogP contribution < -0.4 is 4.74 Å². The van der Waals surface area contributed by atoms with Crippen molar-refractivity contribution in [2.45, 2.75) is 59.1 Å². The molecule has 1 aromatic rings. The van der Waals surface area contributed by atoms with Gasteiger partial charge in [-0.2, -0.15) is 5.10 Å². The molecule has 1 saturated carbocycles. The maximum atomic E-state index is 11.2. The van der Waals surface area contributed by atoms with E-state index in [1.165, 1.54) is 0 Å². The van der Waals surface area contributed by atoms with Crippen LogP contribution in [0.2, 0.25) is 0 Å². The van der Waals surface area contributed by atoms with E-state index in [-0.39, 0.29) is 5.41 Å². The van der Waals surface area contributed by atoms with Crippen molar-refractivity contribution in [1.29, 1.82) is 0 Å². The van der Waals surface area contributed by atoms with Crippen molar-refractivity contribution >= 4 is 0 Å². The van der Waals surface area contributed by atoms with Gasteiger partial charge in [0.2, 0.25) is 0 Å². The zero-order valence-corrected chi connectivity index (χ0v) is 12.7. The molecule has 0 amide bonds.